The van der Waals surface area contributed by atoms with Gasteiger partial charge in [-0.2, -0.15) is 5.10 Å². The third-order valence-corrected chi connectivity index (χ3v) is 2.78. The van der Waals surface area contributed by atoms with Crippen molar-refractivity contribution in [2.45, 2.75) is 0 Å². The number of nitrogens with zero attached hydrogens (tertiary/aromatic N) is 2. The van der Waals surface area contributed by atoms with Gasteiger partial charge >= 0.3 is 0 Å². The fourth-order valence-corrected chi connectivity index (χ4v) is 1.69. The molecule has 0 atom stereocenters. The smallest absolute Gasteiger partial charge is 0.254 e. The van der Waals surface area contributed by atoms with Crippen molar-refractivity contribution >= 4 is 28.5 Å². The Morgan fingerprint density at radius 2 is 2.12 bits per heavy atom. The Bertz CT molecular complexity index is 495. The van der Waals surface area contributed by atoms with Gasteiger partial charge in [0.25, 0.3) is 5.91 Å². The van der Waals surface area contributed by atoms with Crippen molar-refractivity contribution in [1.29, 1.82) is 0 Å². The van der Waals surface area contributed by atoms with Gasteiger partial charge in [0.2, 0.25) is 0 Å². The van der Waals surface area contributed by atoms with E-state index in [0.29, 0.717) is 12.1 Å². The molecule has 0 bridgehead atoms. The predicted octanol–water partition coefficient (Wildman–Crippen LogP) is 2.04. The molecule has 1 heterocycles. The van der Waals surface area contributed by atoms with E-state index in [1.165, 1.54) is 0 Å². The van der Waals surface area contributed by atoms with E-state index < -0.39 is 0 Å². The zero-order valence-corrected chi connectivity index (χ0v) is 11.3. The van der Waals surface area contributed by atoms with Crippen molar-refractivity contribution in [1.82, 2.24) is 15.1 Å². The minimum Gasteiger partial charge on any atom is -0.351 e. The van der Waals surface area contributed by atoms with Crippen LogP contribution in [0, 0.1) is 0 Å². The van der Waals surface area contributed by atoms with Gasteiger partial charge in [0.05, 0.1) is 17.4 Å². The van der Waals surface area contributed by atoms with Crippen LogP contribution in [0.4, 0.5) is 0 Å². The van der Waals surface area contributed by atoms with Crippen LogP contribution in [0.5, 0.6) is 0 Å². The minimum atomic E-state index is -0.0798. The second-order valence-electron chi connectivity index (χ2n) is 3.45. The van der Waals surface area contributed by atoms with Crippen LogP contribution in [0.2, 0.25) is 0 Å². The average molecular weight is 341 g/mol. The molecule has 17 heavy (non-hydrogen) atoms. The molecule has 4 nitrogen and oxygen atoms in total. The molecule has 1 amide bonds. The molecule has 0 unspecified atom stereocenters. The zero-order chi connectivity index (χ0) is 12.1. The molecule has 1 aromatic carbocycles. The quantitative estimate of drug-likeness (QED) is 0.683. The van der Waals surface area contributed by atoms with Crippen molar-refractivity contribution < 1.29 is 4.79 Å². The van der Waals surface area contributed by atoms with Crippen LogP contribution in [-0.4, -0.2) is 26.7 Å². The molecule has 0 aliphatic carbocycles. The number of hydrogen-bond acceptors (Lipinski definition) is 2. The topological polar surface area (TPSA) is 46.9 Å². The van der Waals surface area contributed by atoms with Gasteiger partial charge in [-0.1, -0.05) is 40.8 Å². The van der Waals surface area contributed by atoms with Gasteiger partial charge in [-0.05, 0) is 12.1 Å². The van der Waals surface area contributed by atoms with Crippen LogP contribution < -0.4 is 5.32 Å². The van der Waals surface area contributed by atoms with Crippen LogP contribution in [0.15, 0.2) is 42.7 Å². The van der Waals surface area contributed by atoms with E-state index in [2.05, 4.69) is 33.0 Å². The molecule has 2 aromatic rings. The average Bonchev–Trinajstić information content (AvgIpc) is 2.86. The van der Waals surface area contributed by atoms with Gasteiger partial charge in [0.15, 0.2) is 0 Å². The lowest BCUT2D eigenvalue weighted by Gasteiger charge is -2.00. The highest BCUT2D eigenvalue weighted by Gasteiger charge is 2.08. The van der Waals surface area contributed by atoms with E-state index in [4.69, 9.17) is 0 Å². The van der Waals surface area contributed by atoms with Gasteiger partial charge in [-0.25, -0.2) is 4.68 Å². The van der Waals surface area contributed by atoms with E-state index in [1.807, 2.05) is 30.3 Å². The van der Waals surface area contributed by atoms with Crippen molar-refractivity contribution in [3.63, 3.8) is 0 Å². The Labute approximate surface area is 113 Å². The molecule has 0 saturated carbocycles. The molecule has 5 heteroatoms. The maximum Gasteiger partial charge on any atom is 0.254 e. The second kappa shape index (κ2) is 5.81. The number of para-hydroxylation sites is 1. The first-order valence-electron chi connectivity index (χ1n) is 5.25. The second-order valence-corrected chi connectivity index (χ2v) is 4.53. The van der Waals surface area contributed by atoms with Crippen LogP contribution in [0.1, 0.15) is 10.4 Å². The molecule has 0 spiro atoms. The molecular formula is C12H12IN3O. The molecule has 2 rings (SSSR count). The highest BCUT2D eigenvalue weighted by atomic mass is 127. The summed E-state index contributed by atoms with van der Waals surface area (Å²) in [6, 6.07) is 9.71. The Hall–Kier alpha value is -1.37. The van der Waals surface area contributed by atoms with E-state index >= 15 is 0 Å². The monoisotopic (exact) mass is 341 g/mol. The highest BCUT2D eigenvalue weighted by molar-refractivity contribution is 14.1. The van der Waals surface area contributed by atoms with Crippen molar-refractivity contribution in [3.8, 4) is 5.69 Å². The fourth-order valence-electron chi connectivity index (χ4n) is 1.42. The Kier molecular flexibility index (Phi) is 4.13. The van der Waals surface area contributed by atoms with E-state index in [-0.39, 0.29) is 5.91 Å². The van der Waals surface area contributed by atoms with Gasteiger partial charge < -0.3 is 5.32 Å². The SMILES string of the molecule is O=C(NCCI)c1cnn(-c2ccccc2)c1. The molecule has 1 aromatic heterocycles. The first-order valence-corrected chi connectivity index (χ1v) is 6.78. The molecule has 0 radical (unpaired) electrons. The Morgan fingerprint density at radius 3 is 2.82 bits per heavy atom. The van der Waals surface area contributed by atoms with Gasteiger partial charge in [-0.15, -0.1) is 0 Å². The van der Waals surface area contributed by atoms with Crippen LogP contribution in [0.25, 0.3) is 5.69 Å². The minimum absolute atomic E-state index is 0.0798. The lowest BCUT2D eigenvalue weighted by molar-refractivity contribution is 0.0956. The van der Waals surface area contributed by atoms with Crippen LogP contribution >= 0.6 is 22.6 Å². The van der Waals surface area contributed by atoms with Crippen LogP contribution in [0.3, 0.4) is 0 Å². The fraction of sp³-hybridized carbons (Fsp3) is 0.167. The van der Waals surface area contributed by atoms with E-state index in [0.717, 1.165) is 10.1 Å². The number of halogens is 1. The molecular weight excluding hydrogens is 329 g/mol. The number of rotatable bonds is 4. The molecule has 1 N–H and O–H groups in total. The maximum absolute atomic E-state index is 11.7. The standard InChI is InChI=1S/C12H12IN3O/c13-6-7-14-12(17)10-8-15-16(9-10)11-4-2-1-3-5-11/h1-5,8-9H,6-7H2,(H,14,17). The summed E-state index contributed by atoms with van der Waals surface area (Å²) in [5.74, 6) is -0.0798. The Balaban J connectivity index is 2.14. The zero-order valence-electron chi connectivity index (χ0n) is 9.14. The molecule has 0 saturated heterocycles. The van der Waals surface area contributed by atoms with Crippen molar-refractivity contribution in [2.24, 2.45) is 0 Å². The molecule has 0 aliphatic rings. The maximum atomic E-state index is 11.7. The molecule has 88 valence electrons. The summed E-state index contributed by atoms with van der Waals surface area (Å²) in [6.45, 7) is 0.676. The summed E-state index contributed by atoms with van der Waals surface area (Å²) < 4.78 is 2.59. The summed E-state index contributed by atoms with van der Waals surface area (Å²) in [5, 5.41) is 6.98. The predicted molar refractivity (Wildman–Crippen MR) is 74.8 cm³/mol. The third kappa shape index (κ3) is 3.06. The largest absolute Gasteiger partial charge is 0.351 e. The number of carbonyl (C=O) groups is 1. The first kappa shape index (κ1) is 12.1. The van der Waals surface area contributed by atoms with Gasteiger partial charge in [0, 0.05) is 17.2 Å². The summed E-state index contributed by atoms with van der Waals surface area (Å²) in [6.07, 6.45) is 3.31. The summed E-state index contributed by atoms with van der Waals surface area (Å²) in [5.41, 5.74) is 1.53. The molecule has 0 aliphatic heterocycles. The van der Waals surface area contributed by atoms with Gasteiger partial charge in [-0.3, -0.25) is 4.79 Å². The third-order valence-electron chi connectivity index (χ3n) is 2.25. The first-order chi connectivity index (χ1) is 8.31. The van der Waals surface area contributed by atoms with Crippen molar-refractivity contribution in [3.05, 3.63) is 48.3 Å². The number of amides is 1. The summed E-state index contributed by atoms with van der Waals surface area (Å²) in [7, 11) is 0. The number of alkyl halides is 1. The lowest BCUT2D eigenvalue weighted by Crippen LogP contribution is -2.24. The number of benzene rings is 1. The van der Waals surface area contributed by atoms with E-state index in [1.54, 1.807) is 17.1 Å². The molecule has 0 fully saturated rings. The number of hydrogen-bond donors (Lipinski definition) is 1. The number of aromatic nitrogens is 2. The van der Waals surface area contributed by atoms with Crippen molar-refractivity contribution in [2.75, 3.05) is 11.0 Å². The lowest BCUT2D eigenvalue weighted by atomic mass is 10.3. The highest BCUT2D eigenvalue weighted by Crippen LogP contribution is 2.07. The number of carbonyl (C=O) groups excluding carboxylic acids is 1. The normalized spacial score (nSPS) is 10.2. The van der Waals surface area contributed by atoms with Gasteiger partial charge in [0.1, 0.15) is 0 Å². The summed E-state index contributed by atoms with van der Waals surface area (Å²) >= 11 is 2.22. The van der Waals surface area contributed by atoms with Crippen LogP contribution in [-0.2, 0) is 0 Å². The summed E-state index contributed by atoms with van der Waals surface area (Å²) in [4.78, 5) is 11.7. The van der Waals surface area contributed by atoms with E-state index in [9.17, 15) is 4.79 Å². The number of nitrogens with one attached hydrogen (secondary N) is 1. The Morgan fingerprint density at radius 1 is 1.35 bits per heavy atom.